The molecule has 3 fully saturated rings. The highest BCUT2D eigenvalue weighted by Crippen LogP contribution is 2.42. The van der Waals surface area contributed by atoms with Crippen LogP contribution in [0.3, 0.4) is 0 Å². The van der Waals surface area contributed by atoms with Crippen LogP contribution in [0.5, 0.6) is 0 Å². The van der Waals surface area contributed by atoms with Gasteiger partial charge in [0.15, 0.2) is 0 Å². The summed E-state index contributed by atoms with van der Waals surface area (Å²) >= 11 is 0. The summed E-state index contributed by atoms with van der Waals surface area (Å²) in [5.74, 6) is 0.939. The molecule has 0 aliphatic carbocycles. The Hall–Kier alpha value is -2.76. The van der Waals surface area contributed by atoms with Crippen molar-refractivity contribution in [2.24, 2.45) is 11.3 Å². The number of carbonyl (C=O) groups excluding carboxylic acids is 1. The van der Waals surface area contributed by atoms with Crippen molar-refractivity contribution in [2.45, 2.75) is 12.8 Å². The summed E-state index contributed by atoms with van der Waals surface area (Å²) in [5, 5.41) is 0. The number of aromatic nitrogens is 1. The molecule has 3 aliphatic heterocycles. The molecule has 1 aromatic carbocycles. The minimum absolute atomic E-state index is 0.00544. The van der Waals surface area contributed by atoms with Gasteiger partial charge in [-0.05, 0) is 31.0 Å². The van der Waals surface area contributed by atoms with Crippen molar-refractivity contribution < 1.29 is 9.53 Å². The monoisotopic (exact) mass is 392 g/mol. The van der Waals surface area contributed by atoms with Crippen LogP contribution in [0.1, 0.15) is 12.8 Å². The van der Waals surface area contributed by atoms with Gasteiger partial charge in [0.05, 0.1) is 13.0 Å². The van der Waals surface area contributed by atoms with Gasteiger partial charge in [0.1, 0.15) is 5.82 Å². The molecule has 29 heavy (non-hydrogen) atoms. The zero-order valence-electron chi connectivity index (χ0n) is 17.0. The van der Waals surface area contributed by atoms with E-state index in [4.69, 9.17) is 4.74 Å². The highest BCUT2D eigenvalue weighted by Gasteiger charge is 2.44. The second kappa shape index (κ2) is 7.25. The number of ether oxygens (including phenoxy) is 1. The SMILES string of the molecule is COC(=O)C1CN(c2ccnc(N3CCC4(CCN(c5ccccc5)C4)C3)c2)C1. The first-order chi connectivity index (χ1) is 14.2. The third kappa shape index (κ3) is 3.41. The molecule has 3 aliphatic rings. The van der Waals surface area contributed by atoms with Crippen LogP contribution in [-0.2, 0) is 9.53 Å². The first-order valence-corrected chi connectivity index (χ1v) is 10.5. The zero-order chi connectivity index (χ0) is 19.8. The number of hydrogen-bond donors (Lipinski definition) is 0. The molecule has 0 bridgehead atoms. The van der Waals surface area contributed by atoms with Gasteiger partial charge in [0.25, 0.3) is 0 Å². The molecule has 3 saturated heterocycles. The largest absolute Gasteiger partial charge is 0.469 e. The van der Waals surface area contributed by atoms with Gasteiger partial charge in [-0.25, -0.2) is 4.98 Å². The van der Waals surface area contributed by atoms with Crippen LogP contribution in [0.4, 0.5) is 17.2 Å². The van der Waals surface area contributed by atoms with Crippen molar-refractivity contribution in [3.8, 4) is 0 Å². The quantitative estimate of drug-likeness (QED) is 0.746. The molecule has 2 aromatic rings. The summed E-state index contributed by atoms with van der Waals surface area (Å²) in [7, 11) is 1.46. The van der Waals surface area contributed by atoms with E-state index >= 15 is 0 Å². The fourth-order valence-corrected chi connectivity index (χ4v) is 5.04. The number of anilines is 3. The number of hydrogen-bond acceptors (Lipinski definition) is 6. The number of rotatable bonds is 4. The fraction of sp³-hybridized carbons (Fsp3) is 0.478. The fourth-order valence-electron chi connectivity index (χ4n) is 5.04. The molecule has 1 aromatic heterocycles. The second-order valence-corrected chi connectivity index (χ2v) is 8.68. The lowest BCUT2D eigenvalue weighted by molar-refractivity contribution is -0.146. The molecule has 6 nitrogen and oxygen atoms in total. The van der Waals surface area contributed by atoms with Crippen LogP contribution >= 0.6 is 0 Å². The van der Waals surface area contributed by atoms with E-state index in [0.717, 1.165) is 50.8 Å². The minimum atomic E-state index is -0.110. The number of benzene rings is 1. The number of pyridine rings is 1. The van der Waals surface area contributed by atoms with E-state index in [0.29, 0.717) is 5.41 Å². The van der Waals surface area contributed by atoms with E-state index < -0.39 is 0 Å². The Balaban J connectivity index is 1.24. The lowest BCUT2D eigenvalue weighted by atomic mass is 9.86. The number of nitrogens with zero attached hydrogens (tertiary/aromatic N) is 4. The second-order valence-electron chi connectivity index (χ2n) is 8.68. The third-order valence-corrected chi connectivity index (χ3v) is 6.83. The highest BCUT2D eigenvalue weighted by molar-refractivity contribution is 5.76. The normalized spacial score (nSPS) is 24.2. The van der Waals surface area contributed by atoms with E-state index in [1.165, 1.54) is 25.6 Å². The molecule has 4 heterocycles. The summed E-state index contributed by atoms with van der Waals surface area (Å²) in [6.07, 6.45) is 4.35. The van der Waals surface area contributed by atoms with Crippen molar-refractivity contribution in [1.29, 1.82) is 0 Å². The number of carbonyl (C=O) groups is 1. The van der Waals surface area contributed by atoms with Crippen LogP contribution in [-0.4, -0.2) is 57.3 Å². The summed E-state index contributed by atoms with van der Waals surface area (Å²) in [4.78, 5) is 23.5. The molecular formula is C23H28N4O2. The van der Waals surface area contributed by atoms with Gasteiger partial charge in [-0.1, -0.05) is 18.2 Å². The van der Waals surface area contributed by atoms with E-state index in [1.807, 2.05) is 12.3 Å². The van der Waals surface area contributed by atoms with Crippen molar-refractivity contribution in [3.63, 3.8) is 0 Å². The molecule has 0 saturated carbocycles. The number of esters is 1. The van der Waals surface area contributed by atoms with Gasteiger partial charge in [-0.2, -0.15) is 0 Å². The molecule has 1 spiro atoms. The Morgan fingerprint density at radius 2 is 1.72 bits per heavy atom. The smallest absolute Gasteiger partial charge is 0.312 e. The van der Waals surface area contributed by atoms with Gasteiger partial charge in [-0.3, -0.25) is 4.79 Å². The maximum absolute atomic E-state index is 11.6. The average Bonchev–Trinajstić information content (AvgIpc) is 3.35. The summed E-state index contributed by atoms with van der Waals surface area (Å²) in [6, 6.07) is 15.0. The van der Waals surface area contributed by atoms with Crippen LogP contribution in [0.25, 0.3) is 0 Å². The van der Waals surface area contributed by atoms with E-state index in [1.54, 1.807) is 0 Å². The Bertz CT molecular complexity index is 883. The van der Waals surface area contributed by atoms with Gasteiger partial charge in [0, 0.05) is 68.3 Å². The standard InChI is InChI=1S/C23H28N4O2/c1-29-22(28)18-14-27(15-18)20-7-10-24-21(13-20)26-12-9-23(17-26)8-11-25(16-23)19-5-3-2-4-6-19/h2-7,10,13,18H,8-9,11-12,14-17H2,1H3. The van der Waals surface area contributed by atoms with Crippen molar-refractivity contribution in [3.05, 3.63) is 48.7 Å². The van der Waals surface area contributed by atoms with Gasteiger partial charge < -0.3 is 19.4 Å². The first kappa shape index (κ1) is 18.3. The van der Waals surface area contributed by atoms with Crippen molar-refractivity contribution >= 4 is 23.2 Å². The molecular weight excluding hydrogens is 364 g/mol. The van der Waals surface area contributed by atoms with E-state index in [2.05, 4.69) is 56.1 Å². The van der Waals surface area contributed by atoms with Crippen LogP contribution in [0, 0.1) is 11.3 Å². The Labute approximate surface area is 172 Å². The van der Waals surface area contributed by atoms with E-state index in [-0.39, 0.29) is 11.9 Å². The Morgan fingerprint density at radius 3 is 2.48 bits per heavy atom. The van der Waals surface area contributed by atoms with Gasteiger partial charge in [0.2, 0.25) is 0 Å². The molecule has 0 amide bonds. The Kier molecular flexibility index (Phi) is 4.57. The molecule has 6 heteroatoms. The lowest BCUT2D eigenvalue weighted by Gasteiger charge is -2.39. The molecule has 1 atom stereocenters. The zero-order valence-corrected chi connectivity index (χ0v) is 17.0. The van der Waals surface area contributed by atoms with Crippen LogP contribution in [0.15, 0.2) is 48.7 Å². The predicted molar refractivity (Wildman–Crippen MR) is 114 cm³/mol. The number of methoxy groups -OCH3 is 1. The maximum Gasteiger partial charge on any atom is 0.312 e. The summed E-state index contributed by atoms with van der Waals surface area (Å²) < 4.78 is 4.85. The van der Waals surface area contributed by atoms with Crippen molar-refractivity contribution in [1.82, 2.24) is 4.98 Å². The molecule has 0 N–H and O–H groups in total. The predicted octanol–water partition coefficient (Wildman–Crippen LogP) is 2.80. The van der Waals surface area contributed by atoms with Gasteiger partial charge in [-0.15, -0.1) is 0 Å². The van der Waals surface area contributed by atoms with Crippen LogP contribution in [0.2, 0.25) is 0 Å². The van der Waals surface area contributed by atoms with Gasteiger partial charge >= 0.3 is 5.97 Å². The number of para-hydroxylation sites is 1. The molecule has 0 radical (unpaired) electrons. The lowest BCUT2D eigenvalue weighted by Crippen LogP contribution is -2.50. The average molecular weight is 393 g/mol. The summed E-state index contributed by atoms with van der Waals surface area (Å²) in [5.41, 5.74) is 2.84. The topological polar surface area (TPSA) is 48.9 Å². The first-order valence-electron chi connectivity index (χ1n) is 10.5. The molecule has 1 unspecified atom stereocenters. The highest BCUT2D eigenvalue weighted by atomic mass is 16.5. The van der Waals surface area contributed by atoms with Crippen molar-refractivity contribution in [2.75, 3.05) is 61.1 Å². The van der Waals surface area contributed by atoms with Crippen LogP contribution < -0.4 is 14.7 Å². The minimum Gasteiger partial charge on any atom is -0.469 e. The molecule has 5 rings (SSSR count). The summed E-state index contributed by atoms with van der Waals surface area (Å²) in [6.45, 7) is 5.84. The maximum atomic E-state index is 11.6. The Morgan fingerprint density at radius 1 is 1.00 bits per heavy atom. The molecule has 152 valence electrons. The third-order valence-electron chi connectivity index (χ3n) is 6.83. The van der Waals surface area contributed by atoms with E-state index in [9.17, 15) is 4.79 Å².